The molecule has 6 nitrogen and oxygen atoms in total. The first kappa shape index (κ1) is 24.4. The Balaban J connectivity index is 1.46. The standard InChI is InChI=1S/C26H32FN5OS/c1-19(21-9-5-3-6-10-21)17-28-24(33)18-34-26-30-29-25(20(2)31-15-7-4-8-16-31)32(26)23-13-11-22(27)12-14-23/h3,5-6,9-14,19-20H,4,7-8,15-18H2,1-2H3,(H,28,33)/t19-,20+/m0/s1. The van der Waals surface area contributed by atoms with Crippen LogP contribution in [0.25, 0.3) is 5.69 Å². The van der Waals surface area contributed by atoms with Gasteiger partial charge in [-0.25, -0.2) is 4.39 Å². The van der Waals surface area contributed by atoms with Gasteiger partial charge in [0.25, 0.3) is 0 Å². The van der Waals surface area contributed by atoms with Gasteiger partial charge in [-0.15, -0.1) is 10.2 Å². The number of thioether (sulfide) groups is 1. The van der Waals surface area contributed by atoms with E-state index in [0.29, 0.717) is 11.7 Å². The van der Waals surface area contributed by atoms with Gasteiger partial charge in [-0.3, -0.25) is 14.3 Å². The van der Waals surface area contributed by atoms with Crippen LogP contribution < -0.4 is 5.32 Å². The number of nitrogens with one attached hydrogen (secondary N) is 1. The van der Waals surface area contributed by atoms with E-state index in [0.717, 1.165) is 24.6 Å². The van der Waals surface area contributed by atoms with Crippen LogP contribution in [0.5, 0.6) is 0 Å². The molecule has 0 aliphatic carbocycles. The quantitative estimate of drug-likeness (QED) is 0.438. The van der Waals surface area contributed by atoms with Crippen molar-refractivity contribution >= 4 is 17.7 Å². The van der Waals surface area contributed by atoms with E-state index in [4.69, 9.17) is 0 Å². The van der Waals surface area contributed by atoms with E-state index in [-0.39, 0.29) is 29.4 Å². The summed E-state index contributed by atoms with van der Waals surface area (Å²) in [6.07, 6.45) is 3.61. The molecular weight excluding hydrogens is 449 g/mol. The zero-order valence-corrected chi connectivity index (χ0v) is 20.6. The first-order chi connectivity index (χ1) is 16.5. The second-order valence-electron chi connectivity index (χ2n) is 8.83. The lowest BCUT2D eigenvalue weighted by Crippen LogP contribution is -2.33. The van der Waals surface area contributed by atoms with Gasteiger partial charge >= 0.3 is 0 Å². The van der Waals surface area contributed by atoms with E-state index in [2.05, 4.69) is 46.4 Å². The number of amides is 1. The lowest BCUT2D eigenvalue weighted by Gasteiger charge is -2.31. The summed E-state index contributed by atoms with van der Waals surface area (Å²) in [4.78, 5) is 15.0. The fourth-order valence-corrected chi connectivity index (χ4v) is 5.08. The summed E-state index contributed by atoms with van der Waals surface area (Å²) in [6.45, 7) is 6.87. The van der Waals surface area contributed by atoms with Crippen LogP contribution in [0.2, 0.25) is 0 Å². The van der Waals surface area contributed by atoms with Gasteiger partial charge < -0.3 is 5.32 Å². The van der Waals surface area contributed by atoms with Gasteiger partial charge in [-0.2, -0.15) is 0 Å². The molecule has 1 aromatic heterocycles. The minimum Gasteiger partial charge on any atom is -0.355 e. The summed E-state index contributed by atoms with van der Waals surface area (Å²) in [6, 6.07) is 16.6. The Morgan fingerprint density at radius 3 is 2.44 bits per heavy atom. The molecular formula is C26H32FN5OS. The summed E-state index contributed by atoms with van der Waals surface area (Å²) >= 11 is 1.35. The van der Waals surface area contributed by atoms with Crippen molar-refractivity contribution in [1.29, 1.82) is 0 Å². The molecule has 1 fully saturated rings. The molecule has 8 heteroatoms. The molecule has 3 aromatic rings. The number of nitrogens with zero attached hydrogens (tertiary/aromatic N) is 4. The van der Waals surface area contributed by atoms with Gasteiger partial charge in [-0.1, -0.05) is 55.4 Å². The van der Waals surface area contributed by atoms with Crippen LogP contribution in [0.15, 0.2) is 59.8 Å². The van der Waals surface area contributed by atoms with Crippen molar-refractivity contribution in [2.45, 2.75) is 50.2 Å². The third kappa shape index (κ3) is 6.04. The first-order valence-corrected chi connectivity index (χ1v) is 12.9. The minimum absolute atomic E-state index is 0.0490. The van der Waals surface area contributed by atoms with Crippen molar-refractivity contribution in [2.75, 3.05) is 25.4 Å². The predicted octanol–water partition coefficient (Wildman–Crippen LogP) is 4.97. The van der Waals surface area contributed by atoms with Crippen molar-refractivity contribution in [3.05, 3.63) is 71.8 Å². The van der Waals surface area contributed by atoms with Crippen LogP contribution in [-0.4, -0.2) is 51.0 Å². The topological polar surface area (TPSA) is 63.1 Å². The van der Waals surface area contributed by atoms with Gasteiger partial charge in [0, 0.05) is 12.2 Å². The second kappa shape index (κ2) is 11.6. The minimum atomic E-state index is -0.288. The maximum atomic E-state index is 13.6. The fraction of sp³-hybridized carbons (Fsp3) is 0.423. The summed E-state index contributed by atoms with van der Waals surface area (Å²) in [5.74, 6) is 0.943. The number of likely N-dealkylation sites (tertiary alicyclic amines) is 1. The largest absolute Gasteiger partial charge is 0.355 e. The molecule has 2 aromatic carbocycles. The Kier molecular flexibility index (Phi) is 8.34. The molecule has 1 aliphatic rings. The van der Waals surface area contributed by atoms with Crippen LogP contribution in [0.4, 0.5) is 4.39 Å². The molecule has 4 rings (SSSR count). The third-order valence-corrected chi connectivity index (χ3v) is 7.29. The van der Waals surface area contributed by atoms with Gasteiger partial charge in [0.2, 0.25) is 5.91 Å². The number of rotatable bonds is 9. The van der Waals surface area contributed by atoms with Crippen molar-refractivity contribution in [1.82, 2.24) is 25.0 Å². The molecule has 0 saturated carbocycles. The van der Waals surface area contributed by atoms with E-state index in [9.17, 15) is 9.18 Å². The average Bonchev–Trinajstić information content (AvgIpc) is 3.31. The summed E-state index contributed by atoms with van der Waals surface area (Å²) < 4.78 is 15.6. The van der Waals surface area contributed by atoms with Crippen LogP contribution >= 0.6 is 11.8 Å². The molecule has 1 aliphatic heterocycles. The Bertz CT molecular complexity index is 1070. The highest BCUT2D eigenvalue weighted by molar-refractivity contribution is 7.99. The molecule has 180 valence electrons. The lowest BCUT2D eigenvalue weighted by atomic mass is 10.0. The Morgan fingerprint density at radius 2 is 1.74 bits per heavy atom. The zero-order chi connectivity index (χ0) is 23.9. The maximum Gasteiger partial charge on any atom is 0.230 e. The lowest BCUT2D eigenvalue weighted by molar-refractivity contribution is -0.118. The number of benzene rings is 2. The van der Waals surface area contributed by atoms with Gasteiger partial charge in [0.15, 0.2) is 11.0 Å². The summed E-state index contributed by atoms with van der Waals surface area (Å²) in [7, 11) is 0. The number of carbonyl (C=O) groups excluding carboxylic acids is 1. The molecule has 1 saturated heterocycles. The third-order valence-electron chi connectivity index (χ3n) is 6.36. The average molecular weight is 482 g/mol. The van der Waals surface area contributed by atoms with Crippen LogP contribution in [-0.2, 0) is 4.79 Å². The monoisotopic (exact) mass is 481 g/mol. The highest BCUT2D eigenvalue weighted by atomic mass is 32.2. The Hall–Kier alpha value is -2.71. The SMILES string of the molecule is C[C@H](c1nnc(SCC(=O)NC[C@H](C)c2ccccc2)n1-c1ccc(F)cc1)N1CCCCC1. The molecule has 1 N–H and O–H groups in total. The number of hydrogen-bond donors (Lipinski definition) is 1. The van der Waals surface area contributed by atoms with E-state index in [1.54, 1.807) is 12.1 Å². The van der Waals surface area contributed by atoms with Crippen LogP contribution in [0.3, 0.4) is 0 Å². The fourth-order valence-electron chi connectivity index (χ4n) is 4.29. The number of carbonyl (C=O) groups is 1. The zero-order valence-electron chi connectivity index (χ0n) is 19.8. The second-order valence-corrected chi connectivity index (χ2v) is 9.77. The maximum absolute atomic E-state index is 13.6. The van der Waals surface area contributed by atoms with Crippen molar-refractivity contribution in [3.63, 3.8) is 0 Å². The predicted molar refractivity (Wildman–Crippen MR) is 134 cm³/mol. The smallest absolute Gasteiger partial charge is 0.230 e. The van der Waals surface area contributed by atoms with E-state index in [1.807, 2.05) is 22.8 Å². The number of piperidine rings is 1. The molecule has 0 bridgehead atoms. The first-order valence-electron chi connectivity index (χ1n) is 11.9. The van der Waals surface area contributed by atoms with Gasteiger partial charge in [0.1, 0.15) is 5.82 Å². The Labute approximate surface area is 205 Å². The number of halogens is 1. The van der Waals surface area contributed by atoms with E-state index >= 15 is 0 Å². The highest BCUT2D eigenvalue weighted by Gasteiger charge is 2.26. The number of hydrogen-bond acceptors (Lipinski definition) is 5. The van der Waals surface area contributed by atoms with Crippen LogP contribution in [0.1, 0.15) is 56.5 Å². The highest BCUT2D eigenvalue weighted by Crippen LogP contribution is 2.29. The van der Waals surface area contributed by atoms with Gasteiger partial charge in [0.05, 0.1) is 11.8 Å². The van der Waals surface area contributed by atoms with Crippen molar-refractivity contribution < 1.29 is 9.18 Å². The molecule has 2 atom stereocenters. The summed E-state index contributed by atoms with van der Waals surface area (Å²) in [5.41, 5.74) is 1.99. The Morgan fingerprint density at radius 1 is 1.03 bits per heavy atom. The molecule has 34 heavy (non-hydrogen) atoms. The van der Waals surface area contributed by atoms with E-state index < -0.39 is 0 Å². The van der Waals surface area contributed by atoms with Crippen molar-refractivity contribution in [2.24, 2.45) is 0 Å². The van der Waals surface area contributed by atoms with E-state index in [1.165, 1.54) is 48.7 Å². The van der Waals surface area contributed by atoms with Crippen molar-refractivity contribution in [3.8, 4) is 5.69 Å². The normalized spacial score (nSPS) is 16.2. The molecule has 1 amide bonds. The molecule has 0 spiro atoms. The number of aromatic nitrogens is 3. The molecule has 2 heterocycles. The van der Waals surface area contributed by atoms with Gasteiger partial charge in [-0.05, 0) is 68.6 Å². The summed E-state index contributed by atoms with van der Waals surface area (Å²) in [5, 5.41) is 12.6. The molecule has 0 radical (unpaired) electrons. The van der Waals surface area contributed by atoms with Crippen LogP contribution in [0, 0.1) is 5.82 Å². The molecule has 0 unspecified atom stereocenters.